The molecule has 4 rings (SSSR count). The van der Waals surface area contributed by atoms with Crippen LogP contribution in [0.4, 0.5) is 4.39 Å². The maximum atomic E-state index is 12.4. The molecular weight excluding hydrogens is 455 g/mol. The van der Waals surface area contributed by atoms with Gasteiger partial charge in [0.05, 0.1) is 6.67 Å². The van der Waals surface area contributed by atoms with Crippen LogP contribution in [0.15, 0.2) is 45.9 Å². The number of allylic oxidation sites excluding steroid dienone is 1. The van der Waals surface area contributed by atoms with Crippen molar-refractivity contribution in [1.29, 1.82) is 0 Å². The van der Waals surface area contributed by atoms with Gasteiger partial charge < -0.3 is 9.84 Å². The molecule has 2 aliphatic heterocycles. The van der Waals surface area contributed by atoms with E-state index in [4.69, 9.17) is 4.74 Å². The lowest BCUT2D eigenvalue weighted by Gasteiger charge is -2.16. The number of aromatic nitrogens is 1. The summed E-state index contributed by atoms with van der Waals surface area (Å²) in [5.74, 6) is 1.86. The summed E-state index contributed by atoms with van der Waals surface area (Å²) in [4.78, 5) is 7.87. The van der Waals surface area contributed by atoms with Crippen LogP contribution in [-0.2, 0) is 0 Å². The van der Waals surface area contributed by atoms with Crippen LogP contribution in [0.2, 0.25) is 0 Å². The molecule has 154 valence electrons. The highest BCUT2D eigenvalue weighted by Crippen LogP contribution is 2.42. The molecule has 2 aliphatic rings. The third-order valence-electron chi connectivity index (χ3n) is 5.23. The van der Waals surface area contributed by atoms with Gasteiger partial charge >= 0.3 is 0 Å². The van der Waals surface area contributed by atoms with E-state index >= 15 is 0 Å². The van der Waals surface area contributed by atoms with E-state index in [1.807, 2.05) is 30.5 Å². The van der Waals surface area contributed by atoms with Crippen LogP contribution in [0.5, 0.6) is 11.6 Å². The molecule has 1 saturated heterocycles. The number of ether oxygens (including phenoxy) is 1. The minimum atomic E-state index is -0.266. The zero-order chi connectivity index (χ0) is 20.2. The molecule has 0 spiro atoms. The number of likely N-dealkylation sites (tertiary alicyclic amines) is 1. The number of rotatable bonds is 6. The van der Waals surface area contributed by atoms with E-state index in [0.717, 1.165) is 64.3 Å². The number of halogens is 2. The molecule has 0 radical (unpaired) electrons. The second-order valence-corrected chi connectivity index (χ2v) is 9.41. The van der Waals surface area contributed by atoms with Crippen LogP contribution in [0.3, 0.4) is 0 Å². The van der Waals surface area contributed by atoms with Gasteiger partial charge in [0.25, 0.3) is 0 Å². The number of hydrogen-bond acceptors (Lipinski definition) is 5. The molecular formula is C22H24BrFN2O2S. The van der Waals surface area contributed by atoms with Gasteiger partial charge in [0.2, 0.25) is 5.88 Å². The molecule has 1 N–H and O–H groups in total. The second-order valence-electron chi connectivity index (χ2n) is 7.32. The van der Waals surface area contributed by atoms with Crippen LogP contribution >= 0.6 is 27.7 Å². The Hall–Kier alpha value is -1.57. The molecule has 7 heteroatoms. The zero-order valence-corrected chi connectivity index (χ0v) is 18.5. The molecule has 0 saturated carbocycles. The summed E-state index contributed by atoms with van der Waals surface area (Å²) in [6.07, 6.45) is 4.41. The van der Waals surface area contributed by atoms with E-state index in [1.165, 1.54) is 0 Å². The quantitative estimate of drug-likeness (QED) is 0.613. The van der Waals surface area contributed by atoms with Gasteiger partial charge in [-0.25, -0.2) is 4.98 Å². The van der Waals surface area contributed by atoms with Gasteiger partial charge in [0.1, 0.15) is 11.9 Å². The average molecular weight is 479 g/mol. The lowest BCUT2D eigenvalue weighted by Crippen LogP contribution is -2.26. The molecule has 0 bridgehead atoms. The minimum absolute atomic E-state index is 0.108. The van der Waals surface area contributed by atoms with Crippen LogP contribution in [0.1, 0.15) is 30.4 Å². The molecule has 4 nitrogen and oxygen atoms in total. The molecule has 0 aliphatic carbocycles. The smallest absolute Gasteiger partial charge is 0.213 e. The molecule has 2 aromatic rings. The van der Waals surface area contributed by atoms with Gasteiger partial charge in [-0.15, -0.1) is 11.8 Å². The highest BCUT2D eigenvalue weighted by molar-refractivity contribution is 9.11. The van der Waals surface area contributed by atoms with Gasteiger partial charge in [-0.3, -0.25) is 9.29 Å². The number of fused-ring (bicyclic) bond motifs is 1. The Balaban J connectivity index is 1.50. The summed E-state index contributed by atoms with van der Waals surface area (Å²) < 4.78 is 19.6. The molecule has 29 heavy (non-hydrogen) atoms. The second kappa shape index (κ2) is 9.49. The number of aromatic hydroxyl groups is 1. The Labute approximate surface area is 183 Å². The molecule has 3 heterocycles. The van der Waals surface area contributed by atoms with Crippen molar-refractivity contribution in [2.45, 2.75) is 30.3 Å². The molecule has 1 fully saturated rings. The SMILES string of the molecule is Oc1ccc2c(c1)SCCC(Br)=C2c1ccc(OC2CCN(CCCF)C2)nc1. The van der Waals surface area contributed by atoms with Crippen molar-refractivity contribution >= 4 is 33.3 Å². The van der Waals surface area contributed by atoms with Gasteiger partial charge in [-0.05, 0) is 49.1 Å². The standard InChI is InChI=1S/C22H24BrFN2O2S/c23-19-7-11-29-20-12-16(27)3-4-18(20)22(19)15-2-5-21(25-13-15)28-17-6-10-26(14-17)9-1-8-24/h2-5,12-13,17,27H,1,6-11,14H2. The fourth-order valence-electron chi connectivity index (χ4n) is 3.82. The van der Waals surface area contributed by atoms with Gasteiger partial charge in [0.15, 0.2) is 0 Å². The van der Waals surface area contributed by atoms with Crippen molar-refractivity contribution in [2.75, 3.05) is 32.1 Å². The first kappa shape index (κ1) is 20.7. The molecule has 0 amide bonds. The van der Waals surface area contributed by atoms with E-state index in [9.17, 15) is 9.50 Å². The Kier molecular flexibility index (Phi) is 6.77. The van der Waals surface area contributed by atoms with Crippen molar-refractivity contribution < 1.29 is 14.2 Å². The predicted octanol–water partition coefficient (Wildman–Crippen LogP) is 5.25. The summed E-state index contributed by atoms with van der Waals surface area (Å²) >= 11 is 5.51. The Morgan fingerprint density at radius 2 is 2.21 bits per heavy atom. The number of benzene rings is 1. The number of pyridine rings is 1. The normalized spacial score (nSPS) is 19.9. The maximum absolute atomic E-state index is 12.4. The van der Waals surface area contributed by atoms with Crippen LogP contribution < -0.4 is 4.74 Å². The topological polar surface area (TPSA) is 45.6 Å². The van der Waals surface area contributed by atoms with Crippen LogP contribution in [-0.4, -0.2) is 53.2 Å². The maximum Gasteiger partial charge on any atom is 0.213 e. The van der Waals surface area contributed by atoms with E-state index in [-0.39, 0.29) is 18.5 Å². The Morgan fingerprint density at radius 3 is 3.00 bits per heavy atom. The van der Waals surface area contributed by atoms with E-state index in [2.05, 4.69) is 25.8 Å². The van der Waals surface area contributed by atoms with E-state index < -0.39 is 0 Å². The summed E-state index contributed by atoms with van der Waals surface area (Å²) in [7, 11) is 0. The predicted molar refractivity (Wildman–Crippen MR) is 119 cm³/mol. The Bertz CT molecular complexity index is 891. The summed E-state index contributed by atoms with van der Waals surface area (Å²) in [6.45, 7) is 2.30. The molecule has 1 aromatic heterocycles. The summed E-state index contributed by atoms with van der Waals surface area (Å²) in [5.41, 5.74) is 3.24. The van der Waals surface area contributed by atoms with E-state index in [0.29, 0.717) is 12.3 Å². The first-order valence-electron chi connectivity index (χ1n) is 9.90. The van der Waals surface area contributed by atoms with Crippen molar-refractivity contribution in [3.05, 3.63) is 52.1 Å². The number of thioether (sulfide) groups is 1. The first-order valence-corrected chi connectivity index (χ1v) is 11.7. The molecule has 1 unspecified atom stereocenters. The highest BCUT2D eigenvalue weighted by atomic mass is 79.9. The monoisotopic (exact) mass is 478 g/mol. The summed E-state index contributed by atoms with van der Waals surface area (Å²) in [6, 6.07) is 9.48. The largest absolute Gasteiger partial charge is 0.508 e. The number of nitrogens with zero attached hydrogens (tertiary/aromatic N) is 2. The Morgan fingerprint density at radius 1 is 1.31 bits per heavy atom. The third-order valence-corrected chi connectivity index (χ3v) is 7.08. The number of alkyl halides is 1. The highest BCUT2D eigenvalue weighted by Gasteiger charge is 2.24. The number of phenols is 1. The van der Waals surface area contributed by atoms with Gasteiger partial charge in [0, 0.05) is 58.2 Å². The van der Waals surface area contributed by atoms with Gasteiger partial charge in [-0.1, -0.05) is 15.9 Å². The van der Waals surface area contributed by atoms with E-state index in [1.54, 1.807) is 17.8 Å². The van der Waals surface area contributed by atoms with Crippen molar-refractivity contribution in [3.63, 3.8) is 0 Å². The molecule has 1 atom stereocenters. The minimum Gasteiger partial charge on any atom is -0.508 e. The lowest BCUT2D eigenvalue weighted by atomic mass is 9.98. The van der Waals surface area contributed by atoms with Crippen molar-refractivity contribution in [2.24, 2.45) is 0 Å². The lowest BCUT2D eigenvalue weighted by molar-refractivity contribution is 0.191. The number of hydrogen-bond donors (Lipinski definition) is 1. The number of phenolic OH excluding ortho intramolecular Hbond substituents is 1. The fourth-order valence-corrected chi connectivity index (χ4v) is 5.78. The summed E-state index contributed by atoms with van der Waals surface area (Å²) in [5, 5.41) is 9.85. The van der Waals surface area contributed by atoms with Gasteiger partial charge in [-0.2, -0.15) is 0 Å². The van der Waals surface area contributed by atoms with Crippen LogP contribution in [0.25, 0.3) is 5.57 Å². The first-order chi connectivity index (χ1) is 14.1. The fraction of sp³-hybridized carbons (Fsp3) is 0.409. The average Bonchev–Trinajstić information content (AvgIpc) is 3.09. The third kappa shape index (κ3) is 4.95. The van der Waals surface area contributed by atoms with Crippen molar-refractivity contribution in [3.8, 4) is 11.6 Å². The van der Waals surface area contributed by atoms with Crippen molar-refractivity contribution in [1.82, 2.24) is 9.88 Å². The molecule has 1 aromatic carbocycles. The van der Waals surface area contributed by atoms with Crippen LogP contribution in [0, 0.1) is 0 Å². The zero-order valence-electron chi connectivity index (χ0n) is 16.1.